The highest BCUT2D eigenvalue weighted by atomic mass is 35.5. The van der Waals surface area contributed by atoms with Crippen LogP contribution in [0.15, 0.2) is 42.6 Å². The molecule has 1 amide bonds. The Morgan fingerprint density at radius 2 is 1.91 bits per heavy atom. The van der Waals surface area contributed by atoms with Gasteiger partial charge in [-0.3, -0.25) is 4.79 Å². The van der Waals surface area contributed by atoms with Crippen molar-refractivity contribution in [2.75, 3.05) is 5.32 Å². The number of hydrogen-bond donors (Lipinski definition) is 1. The van der Waals surface area contributed by atoms with Gasteiger partial charge in [-0.25, -0.2) is 14.2 Å². The zero-order chi connectivity index (χ0) is 16.1. The van der Waals surface area contributed by atoms with Crippen LogP contribution in [0.3, 0.4) is 0 Å². The van der Waals surface area contributed by atoms with Gasteiger partial charge in [-0.1, -0.05) is 11.6 Å². The maximum absolute atomic E-state index is 12.8. The number of carbonyl (C=O) groups is 2. The van der Waals surface area contributed by atoms with Crippen LogP contribution >= 0.6 is 11.6 Å². The van der Waals surface area contributed by atoms with Gasteiger partial charge in [0.2, 0.25) is 0 Å². The topological polar surface area (TPSA) is 68.3 Å². The molecule has 7 heteroatoms. The van der Waals surface area contributed by atoms with Crippen molar-refractivity contribution in [1.29, 1.82) is 0 Å². The summed E-state index contributed by atoms with van der Waals surface area (Å²) in [7, 11) is 0. The fraction of sp³-hybridized carbons (Fsp3) is 0.133. The zero-order valence-electron chi connectivity index (χ0n) is 11.5. The number of nitrogens with zero attached hydrogens (tertiary/aromatic N) is 1. The van der Waals surface area contributed by atoms with Gasteiger partial charge in [0.15, 0.2) is 6.10 Å². The summed E-state index contributed by atoms with van der Waals surface area (Å²) in [5.41, 5.74) is 0.158. The second-order valence-electron chi connectivity index (χ2n) is 4.41. The van der Waals surface area contributed by atoms with Crippen molar-refractivity contribution in [3.8, 4) is 0 Å². The Kier molecular flexibility index (Phi) is 5.06. The van der Waals surface area contributed by atoms with E-state index in [1.807, 2.05) is 0 Å². The fourth-order valence-electron chi connectivity index (χ4n) is 1.55. The van der Waals surface area contributed by atoms with Crippen molar-refractivity contribution in [2.45, 2.75) is 13.0 Å². The zero-order valence-corrected chi connectivity index (χ0v) is 12.3. The van der Waals surface area contributed by atoms with Crippen molar-refractivity contribution >= 4 is 29.3 Å². The molecule has 0 spiro atoms. The largest absolute Gasteiger partial charge is 0.449 e. The first-order valence-corrected chi connectivity index (χ1v) is 6.72. The van der Waals surface area contributed by atoms with Gasteiger partial charge in [-0.2, -0.15) is 0 Å². The lowest BCUT2D eigenvalue weighted by atomic mass is 10.2. The van der Waals surface area contributed by atoms with Crippen LogP contribution < -0.4 is 5.32 Å². The Morgan fingerprint density at radius 1 is 1.23 bits per heavy atom. The first kappa shape index (κ1) is 15.9. The van der Waals surface area contributed by atoms with E-state index in [2.05, 4.69) is 10.3 Å². The molecule has 0 fully saturated rings. The van der Waals surface area contributed by atoms with Crippen molar-refractivity contribution in [3.05, 3.63) is 59.0 Å². The Hall–Kier alpha value is -2.47. The summed E-state index contributed by atoms with van der Waals surface area (Å²) >= 11 is 5.69. The van der Waals surface area contributed by atoms with Gasteiger partial charge in [-0.05, 0) is 43.3 Å². The van der Waals surface area contributed by atoms with E-state index in [0.29, 0.717) is 10.8 Å². The summed E-state index contributed by atoms with van der Waals surface area (Å²) in [5.74, 6) is -1.42. The van der Waals surface area contributed by atoms with E-state index in [0.717, 1.165) is 12.1 Å². The van der Waals surface area contributed by atoms with Crippen molar-refractivity contribution in [2.24, 2.45) is 0 Å². The third kappa shape index (κ3) is 4.26. The molecule has 0 aliphatic heterocycles. The van der Waals surface area contributed by atoms with E-state index in [4.69, 9.17) is 16.3 Å². The molecule has 1 heterocycles. The lowest BCUT2D eigenvalue weighted by molar-refractivity contribution is -0.123. The molecule has 1 atom stereocenters. The van der Waals surface area contributed by atoms with Crippen LogP contribution in [0.2, 0.25) is 5.02 Å². The molecule has 0 saturated heterocycles. The predicted octanol–water partition coefficient (Wildman–Crippen LogP) is 3.06. The Bertz CT molecular complexity index is 674. The number of esters is 1. The molecule has 2 aromatic rings. The van der Waals surface area contributed by atoms with Gasteiger partial charge < -0.3 is 10.1 Å². The number of pyridine rings is 1. The van der Waals surface area contributed by atoms with Crippen molar-refractivity contribution in [1.82, 2.24) is 4.98 Å². The monoisotopic (exact) mass is 322 g/mol. The average molecular weight is 323 g/mol. The number of ether oxygens (including phenoxy) is 1. The van der Waals surface area contributed by atoms with Gasteiger partial charge >= 0.3 is 5.97 Å². The van der Waals surface area contributed by atoms with Crippen molar-refractivity contribution < 1.29 is 18.7 Å². The fourth-order valence-corrected chi connectivity index (χ4v) is 1.66. The molecule has 22 heavy (non-hydrogen) atoms. The van der Waals surface area contributed by atoms with Crippen LogP contribution in [-0.4, -0.2) is 23.0 Å². The molecule has 0 bridgehead atoms. The number of benzene rings is 1. The van der Waals surface area contributed by atoms with Gasteiger partial charge in [0.05, 0.1) is 10.6 Å². The minimum absolute atomic E-state index is 0.158. The third-order valence-electron chi connectivity index (χ3n) is 2.71. The smallest absolute Gasteiger partial charge is 0.338 e. The van der Waals surface area contributed by atoms with E-state index in [9.17, 15) is 14.0 Å². The minimum atomic E-state index is -1.03. The highest BCUT2D eigenvalue weighted by Gasteiger charge is 2.19. The number of anilines is 1. The molecule has 0 aliphatic carbocycles. The van der Waals surface area contributed by atoms with Crippen LogP contribution in [0.4, 0.5) is 10.2 Å². The highest BCUT2D eigenvalue weighted by Crippen LogP contribution is 2.11. The van der Waals surface area contributed by atoms with Crippen LogP contribution in [0.25, 0.3) is 0 Å². The number of aromatic nitrogens is 1. The van der Waals surface area contributed by atoms with Gasteiger partial charge in [-0.15, -0.1) is 0 Å². The summed E-state index contributed by atoms with van der Waals surface area (Å²) in [6.45, 7) is 1.42. The van der Waals surface area contributed by atoms with E-state index in [1.54, 1.807) is 6.07 Å². The highest BCUT2D eigenvalue weighted by molar-refractivity contribution is 6.30. The maximum atomic E-state index is 12.8. The summed E-state index contributed by atoms with van der Waals surface area (Å²) in [4.78, 5) is 27.6. The SMILES string of the molecule is C[C@H](OC(=O)c1ccc(F)cc1)C(=O)Nc1ccc(Cl)cn1. The lowest BCUT2D eigenvalue weighted by Crippen LogP contribution is -2.30. The molecule has 1 aromatic heterocycles. The molecular formula is C15H12ClFN2O3. The maximum Gasteiger partial charge on any atom is 0.338 e. The number of hydrogen-bond acceptors (Lipinski definition) is 4. The molecule has 0 unspecified atom stereocenters. The molecule has 0 aliphatic rings. The predicted molar refractivity (Wildman–Crippen MR) is 79.2 cm³/mol. The molecule has 5 nitrogen and oxygen atoms in total. The summed E-state index contributed by atoms with van der Waals surface area (Å²) < 4.78 is 17.8. The molecule has 114 valence electrons. The molecule has 0 radical (unpaired) electrons. The van der Waals surface area contributed by atoms with Crippen LogP contribution in [0, 0.1) is 5.82 Å². The Morgan fingerprint density at radius 3 is 2.50 bits per heavy atom. The quantitative estimate of drug-likeness (QED) is 0.878. The van der Waals surface area contributed by atoms with E-state index >= 15 is 0 Å². The Labute approximate surface area is 131 Å². The van der Waals surface area contributed by atoms with E-state index in [1.165, 1.54) is 31.3 Å². The number of carbonyl (C=O) groups excluding carboxylic acids is 2. The second kappa shape index (κ2) is 7.00. The Balaban J connectivity index is 1.94. The summed E-state index contributed by atoms with van der Waals surface area (Å²) in [5, 5.41) is 2.93. The number of rotatable bonds is 4. The number of amides is 1. The van der Waals surface area contributed by atoms with Gasteiger partial charge in [0.25, 0.3) is 5.91 Å². The normalized spacial score (nSPS) is 11.6. The average Bonchev–Trinajstić information content (AvgIpc) is 2.50. The standard InChI is InChI=1S/C15H12ClFN2O3/c1-9(14(20)19-13-7-4-11(16)8-18-13)22-15(21)10-2-5-12(17)6-3-10/h2-9H,1H3,(H,18,19,20)/t9-/m0/s1. The third-order valence-corrected chi connectivity index (χ3v) is 2.94. The van der Waals surface area contributed by atoms with Crippen LogP contribution in [-0.2, 0) is 9.53 Å². The van der Waals surface area contributed by atoms with Gasteiger partial charge in [0.1, 0.15) is 11.6 Å². The molecule has 1 N–H and O–H groups in total. The van der Waals surface area contributed by atoms with Gasteiger partial charge in [0, 0.05) is 6.20 Å². The van der Waals surface area contributed by atoms with Crippen LogP contribution in [0.1, 0.15) is 17.3 Å². The minimum Gasteiger partial charge on any atom is -0.449 e. The van der Waals surface area contributed by atoms with Crippen LogP contribution in [0.5, 0.6) is 0 Å². The number of halogens is 2. The number of nitrogens with one attached hydrogen (secondary N) is 1. The molecule has 0 saturated carbocycles. The molecular weight excluding hydrogens is 311 g/mol. The van der Waals surface area contributed by atoms with E-state index < -0.39 is 23.8 Å². The molecule has 1 aromatic carbocycles. The summed E-state index contributed by atoms with van der Waals surface area (Å²) in [6.07, 6.45) is 0.349. The van der Waals surface area contributed by atoms with E-state index in [-0.39, 0.29) is 5.56 Å². The molecule has 2 rings (SSSR count). The first-order valence-electron chi connectivity index (χ1n) is 6.34. The first-order chi connectivity index (χ1) is 10.5. The van der Waals surface area contributed by atoms with Crippen molar-refractivity contribution in [3.63, 3.8) is 0 Å². The lowest BCUT2D eigenvalue weighted by Gasteiger charge is -2.13. The summed E-state index contributed by atoms with van der Waals surface area (Å²) in [6, 6.07) is 7.93. The second-order valence-corrected chi connectivity index (χ2v) is 4.84.